The largest absolute Gasteiger partial charge is 0.355 e. The van der Waals surface area contributed by atoms with E-state index in [1.54, 1.807) is 43.3 Å². The average molecular weight is 512 g/mol. The molecule has 0 aromatic heterocycles. The van der Waals surface area contributed by atoms with Crippen LogP contribution < -0.4 is 9.62 Å². The van der Waals surface area contributed by atoms with Gasteiger partial charge >= 0.3 is 0 Å². The Hall–Kier alpha value is -2.65. The molecule has 186 valence electrons. The second-order valence-electron chi connectivity index (χ2n) is 7.88. The van der Waals surface area contributed by atoms with Crippen molar-refractivity contribution >= 4 is 39.1 Å². The molecule has 0 aliphatic carbocycles. The Bertz CT molecular complexity index is 1060. The van der Waals surface area contributed by atoms with Gasteiger partial charge in [0.2, 0.25) is 21.8 Å². The number of carbonyl (C=O) groups excluding carboxylic acids is 2. The van der Waals surface area contributed by atoms with Gasteiger partial charge in [-0.1, -0.05) is 30.7 Å². The molecule has 0 aliphatic rings. The molecule has 0 aliphatic heterocycles. The van der Waals surface area contributed by atoms with Gasteiger partial charge in [0.25, 0.3) is 0 Å². The summed E-state index contributed by atoms with van der Waals surface area (Å²) in [5.74, 6) is -0.938. The van der Waals surface area contributed by atoms with E-state index in [1.165, 1.54) is 21.3 Å². The van der Waals surface area contributed by atoms with E-state index in [2.05, 4.69) is 5.32 Å². The minimum Gasteiger partial charge on any atom is -0.355 e. The molecular formula is C24H31ClFN3O4S. The van der Waals surface area contributed by atoms with Crippen LogP contribution in [0.3, 0.4) is 0 Å². The number of likely N-dealkylation sites (N-methyl/N-ethyl adjacent to an activating group) is 1. The maximum absolute atomic E-state index is 13.3. The quantitative estimate of drug-likeness (QED) is 0.467. The number of amides is 2. The summed E-state index contributed by atoms with van der Waals surface area (Å²) in [6.07, 6.45) is 1.79. The zero-order chi connectivity index (χ0) is 25.3. The van der Waals surface area contributed by atoms with Crippen LogP contribution in [0.5, 0.6) is 0 Å². The van der Waals surface area contributed by atoms with Crippen molar-refractivity contribution in [1.29, 1.82) is 0 Å². The third-order valence-corrected chi connectivity index (χ3v) is 6.72. The number of halogens is 2. The lowest BCUT2D eigenvalue weighted by molar-refractivity contribution is -0.141. The highest BCUT2D eigenvalue weighted by molar-refractivity contribution is 7.92. The lowest BCUT2D eigenvalue weighted by atomic mass is 10.1. The van der Waals surface area contributed by atoms with Crippen LogP contribution in [0.4, 0.5) is 10.1 Å². The molecule has 1 unspecified atom stereocenters. The minimum absolute atomic E-state index is 0.0384. The van der Waals surface area contributed by atoms with Crippen molar-refractivity contribution in [2.45, 2.75) is 45.7 Å². The number of hydrogen-bond acceptors (Lipinski definition) is 4. The topological polar surface area (TPSA) is 86.8 Å². The highest BCUT2D eigenvalue weighted by Crippen LogP contribution is 2.22. The Morgan fingerprint density at radius 2 is 1.68 bits per heavy atom. The first kappa shape index (κ1) is 27.6. The smallest absolute Gasteiger partial charge is 0.242 e. The molecule has 0 fully saturated rings. The molecule has 0 saturated carbocycles. The molecule has 1 N–H and O–H groups in total. The first-order valence-corrected chi connectivity index (χ1v) is 13.3. The van der Waals surface area contributed by atoms with E-state index in [4.69, 9.17) is 11.6 Å². The molecule has 10 heteroatoms. The third kappa shape index (κ3) is 7.99. The highest BCUT2D eigenvalue weighted by Gasteiger charge is 2.28. The number of nitrogens with zero attached hydrogens (tertiary/aromatic N) is 2. The highest BCUT2D eigenvalue weighted by atomic mass is 35.5. The summed E-state index contributed by atoms with van der Waals surface area (Å²) in [6, 6.07) is 11.5. The van der Waals surface area contributed by atoms with Gasteiger partial charge in [0, 0.05) is 31.1 Å². The van der Waals surface area contributed by atoms with Gasteiger partial charge in [0.05, 0.1) is 11.9 Å². The first-order valence-electron chi connectivity index (χ1n) is 11.1. The molecule has 2 amide bonds. The number of anilines is 1. The number of benzene rings is 2. The summed E-state index contributed by atoms with van der Waals surface area (Å²) in [5, 5.41) is 3.24. The van der Waals surface area contributed by atoms with Gasteiger partial charge in [-0.3, -0.25) is 13.9 Å². The van der Waals surface area contributed by atoms with Crippen LogP contribution in [0.15, 0.2) is 48.5 Å². The Morgan fingerprint density at radius 3 is 2.21 bits per heavy atom. The second kappa shape index (κ2) is 12.7. The molecule has 0 saturated heterocycles. The van der Waals surface area contributed by atoms with Gasteiger partial charge in [0.15, 0.2) is 0 Å². The first-order chi connectivity index (χ1) is 16.1. The van der Waals surface area contributed by atoms with Gasteiger partial charge in [-0.05, 0) is 61.7 Å². The summed E-state index contributed by atoms with van der Waals surface area (Å²) in [6.45, 7) is 4.28. The van der Waals surface area contributed by atoms with Crippen LogP contribution in [0.2, 0.25) is 5.02 Å². The van der Waals surface area contributed by atoms with Crippen molar-refractivity contribution in [3.05, 3.63) is 64.9 Å². The van der Waals surface area contributed by atoms with E-state index in [9.17, 15) is 22.4 Å². The summed E-state index contributed by atoms with van der Waals surface area (Å²) in [5.41, 5.74) is 1.15. The third-order valence-electron chi connectivity index (χ3n) is 5.27. The number of rotatable bonds is 12. The average Bonchev–Trinajstić information content (AvgIpc) is 2.78. The zero-order valence-electron chi connectivity index (χ0n) is 19.6. The second-order valence-corrected chi connectivity index (χ2v) is 10.2. The fourth-order valence-electron chi connectivity index (χ4n) is 3.61. The predicted molar refractivity (Wildman–Crippen MR) is 133 cm³/mol. The molecule has 2 aromatic rings. The van der Waals surface area contributed by atoms with Crippen LogP contribution in [0, 0.1) is 5.82 Å². The molecule has 0 heterocycles. The van der Waals surface area contributed by atoms with Crippen molar-refractivity contribution < 1.29 is 22.4 Å². The Morgan fingerprint density at radius 1 is 1.06 bits per heavy atom. The van der Waals surface area contributed by atoms with E-state index >= 15 is 0 Å². The lowest BCUT2D eigenvalue weighted by Gasteiger charge is -2.31. The molecule has 2 aromatic carbocycles. The molecule has 0 bridgehead atoms. The van der Waals surface area contributed by atoms with E-state index < -0.39 is 16.1 Å². The number of carbonyl (C=O) groups is 2. The Labute approximate surface area is 205 Å². The minimum atomic E-state index is -3.58. The molecule has 1 atom stereocenters. The Kier molecular flexibility index (Phi) is 10.3. The lowest BCUT2D eigenvalue weighted by Crippen LogP contribution is -2.49. The summed E-state index contributed by atoms with van der Waals surface area (Å²) < 4.78 is 39.2. The van der Waals surface area contributed by atoms with Gasteiger partial charge in [-0.2, -0.15) is 0 Å². The van der Waals surface area contributed by atoms with Crippen molar-refractivity contribution in [1.82, 2.24) is 10.2 Å². The summed E-state index contributed by atoms with van der Waals surface area (Å²) in [4.78, 5) is 27.3. The van der Waals surface area contributed by atoms with Gasteiger partial charge in [-0.15, -0.1) is 0 Å². The number of nitrogens with one attached hydrogen (secondary N) is 1. The monoisotopic (exact) mass is 511 g/mol. The number of sulfonamides is 1. The summed E-state index contributed by atoms with van der Waals surface area (Å²) >= 11 is 5.91. The van der Waals surface area contributed by atoms with Crippen molar-refractivity contribution in [2.75, 3.05) is 23.7 Å². The van der Waals surface area contributed by atoms with Crippen molar-refractivity contribution in [3.63, 3.8) is 0 Å². The Balaban J connectivity index is 2.18. The molecule has 2 rings (SSSR count). The maximum atomic E-state index is 13.3. The van der Waals surface area contributed by atoms with Crippen LogP contribution in [-0.4, -0.2) is 50.5 Å². The van der Waals surface area contributed by atoms with E-state index in [0.717, 1.165) is 6.26 Å². The zero-order valence-corrected chi connectivity index (χ0v) is 21.2. The van der Waals surface area contributed by atoms with Gasteiger partial charge < -0.3 is 10.2 Å². The maximum Gasteiger partial charge on any atom is 0.242 e. The number of hydrogen-bond donors (Lipinski definition) is 1. The molecule has 34 heavy (non-hydrogen) atoms. The SMILES string of the molecule is CCNC(=O)C(CC)N(Cc1ccc(F)cc1)C(=O)CCCN(c1ccc(Cl)cc1)S(C)(=O)=O. The fraction of sp³-hybridized carbons (Fsp3) is 0.417. The van der Waals surface area contributed by atoms with Crippen LogP contribution in [-0.2, 0) is 26.2 Å². The van der Waals surface area contributed by atoms with E-state index in [0.29, 0.717) is 29.2 Å². The molecule has 0 radical (unpaired) electrons. The van der Waals surface area contributed by atoms with E-state index in [1.807, 2.05) is 6.92 Å². The summed E-state index contributed by atoms with van der Waals surface area (Å²) in [7, 11) is -3.58. The predicted octanol–water partition coefficient (Wildman–Crippen LogP) is 3.97. The van der Waals surface area contributed by atoms with E-state index in [-0.39, 0.29) is 43.6 Å². The van der Waals surface area contributed by atoms with Gasteiger partial charge in [0.1, 0.15) is 11.9 Å². The van der Waals surface area contributed by atoms with Crippen LogP contribution in [0.1, 0.15) is 38.7 Å². The van der Waals surface area contributed by atoms with Crippen LogP contribution in [0.25, 0.3) is 0 Å². The normalized spacial score (nSPS) is 12.1. The van der Waals surface area contributed by atoms with Gasteiger partial charge in [-0.25, -0.2) is 12.8 Å². The standard InChI is InChI=1S/C24H31ClFN3O4S/c1-4-22(24(31)27-5-2)28(17-18-8-12-20(26)13-9-18)23(30)7-6-16-29(34(3,32)33)21-14-10-19(25)11-15-21/h8-15,22H,4-7,16-17H2,1-3H3,(H,27,31). The van der Waals surface area contributed by atoms with Crippen molar-refractivity contribution in [3.8, 4) is 0 Å². The van der Waals surface area contributed by atoms with Crippen LogP contribution >= 0.6 is 11.6 Å². The fourth-order valence-corrected chi connectivity index (χ4v) is 4.70. The molecule has 7 nitrogen and oxygen atoms in total. The molecule has 0 spiro atoms. The molecular weight excluding hydrogens is 481 g/mol. The van der Waals surface area contributed by atoms with Crippen molar-refractivity contribution in [2.24, 2.45) is 0 Å².